The van der Waals surface area contributed by atoms with E-state index in [-0.39, 0.29) is 11.6 Å². The van der Waals surface area contributed by atoms with Gasteiger partial charge in [-0.05, 0) is 32.1 Å². The van der Waals surface area contributed by atoms with Crippen LogP contribution in [0.2, 0.25) is 0 Å². The average Bonchev–Trinajstić information content (AvgIpc) is 2.53. The normalized spacial score (nSPS) is 14.9. The second-order valence-corrected chi connectivity index (χ2v) is 5.86. The first-order valence-electron chi connectivity index (χ1n) is 7.13. The number of nitro groups is 2. The minimum Gasteiger partial charge on any atom is -0.467 e. The first-order chi connectivity index (χ1) is 11.7. The van der Waals surface area contributed by atoms with Crippen molar-refractivity contribution < 1.29 is 14.6 Å². The van der Waals surface area contributed by atoms with Crippen LogP contribution in [0.1, 0.15) is 19.4 Å². The van der Waals surface area contributed by atoms with Crippen LogP contribution in [0.25, 0.3) is 5.70 Å². The number of hydrogen-bond acceptors (Lipinski definition) is 7. The average molecular weight is 344 g/mol. The van der Waals surface area contributed by atoms with E-state index in [4.69, 9.17) is 4.74 Å². The summed E-state index contributed by atoms with van der Waals surface area (Å²) < 4.78 is 6.59. The lowest BCUT2D eigenvalue weighted by Crippen LogP contribution is -2.33. The van der Waals surface area contributed by atoms with E-state index in [2.05, 4.69) is 4.98 Å². The summed E-state index contributed by atoms with van der Waals surface area (Å²) in [5, 5.41) is 22.2. The minimum absolute atomic E-state index is 0.228. The van der Waals surface area contributed by atoms with E-state index in [0.717, 1.165) is 10.8 Å². The molecule has 10 heteroatoms. The zero-order valence-corrected chi connectivity index (χ0v) is 13.2. The Balaban J connectivity index is 2.35. The van der Waals surface area contributed by atoms with Gasteiger partial charge in [-0.3, -0.25) is 29.6 Å². The standard InChI is InChI=1S/C15H12N4O6/c1-15(2)7-12(10-4-3-5-16-13(10)25-15)17-8-9(18(21)22)6-11(14(17)20)19(23)24/h3-8H,1-2H3. The summed E-state index contributed by atoms with van der Waals surface area (Å²) in [5.41, 5.74) is -2.66. The Bertz CT molecular complexity index is 992. The SMILES string of the molecule is CC1(C)C=C(n2cc([N+](=O)[O-])cc([N+](=O)[O-])c2=O)c2cccnc2O1. The van der Waals surface area contributed by atoms with Crippen LogP contribution >= 0.6 is 0 Å². The first-order valence-corrected chi connectivity index (χ1v) is 7.13. The molecule has 0 aliphatic carbocycles. The van der Waals surface area contributed by atoms with Crippen molar-refractivity contribution in [3.63, 3.8) is 0 Å². The predicted octanol–water partition coefficient (Wildman–Crippen LogP) is 2.12. The van der Waals surface area contributed by atoms with Gasteiger partial charge in [-0.2, -0.15) is 0 Å². The first kappa shape index (κ1) is 16.3. The number of nitrogens with zero attached hydrogens (tertiary/aromatic N) is 4. The van der Waals surface area contributed by atoms with E-state index in [1.165, 1.54) is 6.20 Å². The number of pyridine rings is 2. The molecule has 0 radical (unpaired) electrons. The van der Waals surface area contributed by atoms with Crippen LogP contribution in [0.3, 0.4) is 0 Å². The van der Waals surface area contributed by atoms with Crippen LogP contribution in [0, 0.1) is 20.2 Å². The highest BCUT2D eigenvalue weighted by molar-refractivity contribution is 5.73. The topological polar surface area (TPSA) is 130 Å². The summed E-state index contributed by atoms with van der Waals surface area (Å²) in [4.78, 5) is 37.1. The highest BCUT2D eigenvalue weighted by Crippen LogP contribution is 2.35. The summed E-state index contributed by atoms with van der Waals surface area (Å²) >= 11 is 0. The van der Waals surface area contributed by atoms with Gasteiger partial charge in [-0.25, -0.2) is 4.98 Å². The van der Waals surface area contributed by atoms with Crippen LogP contribution in [0.15, 0.2) is 41.5 Å². The fourth-order valence-electron chi connectivity index (χ4n) is 2.52. The smallest absolute Gasteiger partial charge is 0.341 e. The van der Waals surface area contributed by atoms with Gasteiger partial charge in [0, 0.05) is 6.20 Å². The number of ether oxygens (including phenoxy) is 1. The van der Waals surface area contributed by atoms with Gasteiger partial charge < -0.3 is 4.74 Å². The quantitative estimate of drug-likeness (QED) is 0.615. The summed E-state index contributed by atoms with van der Waals surface area (Å²) in [7, 11) is 0. The Morgan fingerprint density at radius 3 is 2.60 bits per heavy atom. The van der Waals surface area contributed by atoms with E-state index < -0.39 is 32.4 Å². The molecule has 0 unspecified atom stereocenters. The van der Waals surface area contributed by atoms with Crippen molar-refractivity contribution in [2.75, 3.05) is 0 Å². The summed E-state index contributed by atoms with van der Waals surface area (Å²) in [6.45, 7) is 3.42. The van der Waals surface area contributed by atoms with Gasteiger partial charge in [0.05, 0.1) is 27.3 Å². The van der Waals surface area contributed by atoms with E-state index in [1.807, 2.05) is 0 Å². The molecule has 0 spiro atoms. The van der Waals surface area contributed by atoms with Gasteiger partial charge in [0.25, 0.3) is 5.69 Å². The predicted molar refractivity (Wildman–Crippen MR) is 86.3 cm³/mol. The molecule has 1 aliphatic heterocycles. The Labute approximate surface area is 140 Å². The van der Waals surface area contributed by atoms with Crippen molar-refractivity contribution >= 4 is 17.1 Å². The fraction of sp³-hybridized carbons (Fsp3) is 0.200. The zero-order chi connectivity index (χ0) is 18.4. The van der Waals surface area contributed by atoms with Crippen molar-refractivity contribution in [3.8, 4) is 5.88 Å². The van der Waals surface area contributed by atoms with Gasteiger partial charge in [0.1, 0.15) is 11.7 Å². The minimum atomic E-state index is -0.977. The Kier molecular flexibility index (Phi) is 3.59. The van der Waals surface area contributed by atoms with Crippen LogP contribution in [0.4, 0.5) is 11.4 Å². The van der Waals surface area contributed by atoms with Crippen LogP contribution < -0.4 is 10.3 Å². The van der Waals surface area contributed by atoms with Gasteiger partial charge >= 0.3 is 11.2 Å². The van der Waals surface area contributed by atoms with Gasteiger partial charge in [-0.1, -0.05) is 0 Å². The van der Waals surface area contributed by atoms with Crippen molar-refractivity contribution in [2.45, 2.75) is 19.4 Å². The second-order valence-electron chi connectivity index (χ2n) is 5.86. The molecule has 10 nitrogen and oxygen atoms in total. The van der Waals surface area contributed by atoms with Crippen molar-refractivity contribution in [1.29, 1.82) is 0 Å². The van der Waals surface area contributed by atoms with Crippen LogP contribution in [0.5, 0.6) is 5.88 Å². The molecular formula is C15H12N4O6. The molecule has 128 valence electrons. The van der Waals surface area contributed by atoms with E-state index >= 15 is 0 Å². The molecule has 0 fully saturated rings. The van der Waals surface area contributed by atoms with Crippen LogP contribution in [-0.4, -0.2) is 25.0 Å². The highest BCUT2D eigenvalue weighted by atomic mass is 16.6. The van der Waals surface area contributed by atoms with E-state index in [1.54, 1.807) is 32.1 Å². The molecule has 0 bridgehead atoms. The number of aromatic nitrogens is 2. The molecule has 2 aromatic heterocycles. The third-order valence-corrected chi connectivity index (χ3v) is 3.54. The maximum Gasteiger partial charge on any atom is 0.341 e. The summed E-state index contributed by atoms with van der Waals surface area (Å²) in [6, 6.07) is 3.86. The lowest BCUT2D eigenvalue weighted by atomic mass is 10.0. The lowest BCUT2D eigenvalue weighted by Gasteiger charge is -2.30. The highest BCUT2D eigenvalue weighted by Gasteiger charge is 2.31. The monoisotopic (exact) mass is 344 g/mol. The number of fused-ring (bicyclic) bond motifs is 1. The molecule has 0 amide bonds. The van der Waals surface area contributed by atoms with Gasteiger partial charge in [0.15, 0.2) is 0 Å². The van der Waals surface area contributed by atoms with Crippen molar-refractivity contribution in [1.82, 2.24) is 9.55 Å². The van der Waals surface area contributed by atoms with E-state index in [9.17, 15) is 25.0 Å². The largest absolute Gasteiger partial charge is 0.467 e. The molecule has 3 rings (SSSR count). The second kappa shape index (κ2) is 5.51. The number of hydrogen-bond donors (Lipinski definition) is 0. The number of rotatable bonds is 3. The lowest BCUT2D eigenvalue weighted by molar-refractivity contribution is -0.395. The fourth-order valence-corrected chi connectivity index (χ4v) is 2.52. The molecule has 0 atom stereocenters. The third-order valence-electron chi connectivity index (χ3n) is 3.54. The third kappa shape index (κ3) is 2.84. The van der Waals surface area contributed by atoms with Gasteiger partial charge in [-0.15, -0.1) is 0 Å². The maximum atomic E-state index is 12.5. The molecule has 0 N–H and O–H groups in total. The molecule has 0 saturated carbocycles. The summed E-state index contributed by atoms with van der Waals surface area (Å²) in [6.07, 6.45) is 4.02. The Hall–Kier alpha value is -3.56. The Morgan fingerprint density at radius 2 is 1.96 bits per heavy atom. The van der Waals surface area contributed by atoms with Gasteiger partial charge in [0.2, 0.25) is 5.88 Å². The molecule has 25 heavy (non-hydrogen) atoms. The molecular weight excluding hydrogens is 332 g/mol. The zero-order valence-electron chi connectivity index (χ0n) is 13.2. The molecule has 0 saturated heterocycles. The summed E-state index contributed by atoms with van der Waals surface area (Å²) in [5.74, 6) is 0.228. The van der Waals surface area contributed by atoms with Crippen molar-refractivity contribution in [3.05, 3.63) is 72.8 Å². The maximum absolute atomic E-state index is 12.5. The molecule has 3 heterocycles. The molecule has 1 aliphatic rings. The Morgan fingerprint density at radius 1 is 1.24 bits per heavy atom. The molecule has 0 aromatic carbocycles. The van der Waals surface area contributed by atoms with Crippen molar-refractivity contribution in [2.24, 2.45) is 0 Å². The van der Waals surface area contributed by atoms with E-state index in [0.29, 0.717) is 11.6 Å². The molecule has 2 aromatic rings. The van der Waals surface area contributed by atoms with Crippen LogP contribution in [-0.2, 0) is 0 Å².